The summed E-state index contributed by atoms with van der Waals surface area (Å²) in [5, 5.41) is 22.9. The van der Waals surface area contributed by atoms with Crippen molar-refractivity contribution in [2.45, 2.75) is 0 Å². The number of nitro groups is 1. The van der Waals surface area contributed by atoms with Crippen LogP contribution in [0.25, 0.3) is 6.08 Å². The average molecular weight is 383 g/mol. The van der Waals surface area contributed by atoms with Gasteiger partial charge in [0.05, 0.1) is 4.92 Å². The summed E-state index contributed by atoms with van der Waals surface area (Å²) < 4.78 is -0.0768. The Kier molecular flexibility index (Phi) is 4.19. The van der Waals surface area contributed by atoms with E-state index in [1.54, 1.807) is 0 Å². The minimum absolute atomic E-state index is 0.0768. The molecule has 0 bridgehead atoms. The second-order valence-corrected chi connectivity index (χ2v) is 5.53. The number of benzene rings is 1. The molecule has 23 heavy (non-hydrogen) atoms. The first-order valence-electron chi connectivity index (χ1n) is 6.12. The Morgan fingerprint density at radius 1 is 1.13 bits per heavy atom. The number of hydrogen-bond donors (Lipinski definition) is 0. The third-order valence-electron chi connectivity index (χ3n) is 3.21. The van der Waals surface area contributed by atoms with Crippen molar-refractivity contribution in [3.05, 3.63) is 37.9 Å². The molecule has 10 heteroatoms. The van der Waals surface area contributed by atoms with Crippen molar-refractivity contribution in [2.75, 3.05) is 14.1 Å². The molecule has 0 spiro atoms. The number of amides is 4. The second-order valence-electron chi connectivity index (χ2n) is 4.67. The summed E-state index contributed by atoms with van der Waals surface area (Å²) in [6.07, 6.45) is 0.949. The van der Waals surface area contributed by atoms with Crippen LogP contribution in [0.4, 0.5) is 10.5 Å². The molecule has 2 rings (SSSR count). The van der Waals surface area contributed by atoms with Gasteiger partial charge < -0.3 is 5.11 Å². The zero-order valence-corrected chi connectivity index (χ0v) is 13.5. The van der Waals surface area contributed by atoms with Gasteiger partial charge in [-0.15, -0.1) is 0 Å². The van der Waals surface area contributed by atoms with Crippen molar-refractivity contribution < 1.29 is 24.4 Å². The average Bonchev–Trinajstić information content (AvgIpc) is 2.51. The highest BCUT2D eigenvalue weighted by atomic mass is 79.9. The summed E-state index contributed by atoms with van der Waals surface area (Å²) in [7, 11) is 2.37. The first kappa shape index (κ1) is 16.6. The smallest absolute Gasteiger partial charge is 0.333 e. The van der Waals surface area contributed by atoms with Crippen molar-refractivity contribution in [2.24, 2.45) is 0 Å². The van der Waals surface area contributed by atoms with Gasteiger partial charge in [-0.1, -0.05) is 21.7 Å². The number of carbonyl (C=O) groups is 3. The number of halogens is 1. The fourth-order valence-corrected chi connectivity index (χ4v) is 2.41. The molecule has 1 aromatic carbocycles. The molecule has 1 aliphatic heterocycles. The van der Waals surface area contributed by atoms with E-state index in [2.05, 4.69) is 15.9 Å². The van der Waals surface area contributed by atoms with Crippen molar-refractivity contribution in [3.63, 3.8) is 0 Å². The SMILES string of the molecule is CN1C(=O)C(=Cc2cc([N+](=O)[O-])cc(Br)c2[O-])C(=O)N(C)C1=O. The molecule has 0 unspecified atom stereocenters. The number of non-ortho nitro benzene ring substituents is 1. The third-order valence-corrected chi connectivity index (χ3v) is 3.80. The van der Waals surface area contributed by atoms with Crippen LogP contribution in [0.2, 0.25) is 0 Å². The van der Waals surface area contributed by atoms with E-state index < -0.39 is 34.1 Å². The quantitative estimate of drug-likeness (QED) is 0.323. The predicted octanol–water partition coefficient (Wildman–Crippen LogP) is 0.865. The van der Waals surface area contributed by atoms with Gasteiger partial charge in [0.25, 0.3) is 17.5 Å². The molecule has 1 heterocycles. The van der Waals surface area contributed by atoms with E-state index >= 15 is 0 Å². The Bertz CT molecular complexity index is 762. The molecular weight excluding hydrogens is 374 g/mol. The molecule has 120 valence electrons. The van der Waals surface area contributed by atoms with Crippen LogP contribution in [0.3, 0.4) is 0 Å². The standard InChI is InChI=1S/C13H10BrN3O6/c1-15-11(19)8(12(20)16(2)13(15)21)4-6-3-7(17(22)23)5-9(14)10(6)18/h3-5,18H,1-2H3/p-1. The van der Waals surface area contributed by atoms with Gasteiger partial charge in [-0.25, -0.2) is 4.79 Å². The highest BCUT2D eigenvalue weighted by Crippen LogP contribution is 2.32. The van der Waals surface area contributed by atoms with E-state index in [1.807, 2.05) is 0 Å². The first-order chi connectivity index (χ1) is 10.6. The topological polar surface area (TPSA) is 124 Å². The summed E-state index contributed by atoms with van der Waals surface area (Å²) >= 11 is 2.90. The van der Waals surface area contributed by atoms with E-state index in [-0.39, 0.29) is 15.7 Å². The van der Waals surface area contributed by atoms with Gasteiger partial charge in [0.2, 0.25) is 0 Å². The minimum Gasteiger partial charge on any atom is -0.871 e. The maximum atomic E-state index is 12.1. The van der Waals surface area contributed by atoms with Crippen LogP contribution >= 0.6 is 15.9 Å². The maximum Gasteiger partial charge on any atom is 0.333 e. The van der Waals surface area contributed by atoms with Gasteiger partial charge in [0, 0.05) is 30.7 Å². The number of nitrogens with zero attached hydrogens (tertiary/aromatic N) is 3. The van der Waals surface area contributed by atoms with Crippen LogP contribution < -0.4 is 5.11 Å². The molecule has 1 aromatic rings. The van der Waals surface area contributed by atoms with Crippen LogP contribution in [0.15, 0.2) is 22.2 Å². The lowest BCUT2D eigenvalue weighted by molar-refractivity contribution is -0.385. The van der Waals surface area contributed by atoms with E-state index in [0.29, 0.717) is 9.80 Å². The summed E-state index contributed by atoms with van der Waals surface area (Å²) in [5.41, 5.74) is -1.02. The maximum absolute atomic E-state index is 12.1. The Morgan fingerprint density at radius 2 is 1.65 bits per heavy atom. The van der Waals surface area contributed by atoms with Gasteiger partial charge in [-0.2, -0.15) is 0 Å². The number of nitro benzene ring substituents is 1. The van der Waals surface area contributed by atoms with Crippen LogP contribution in [0.5, 0.6) is 5.75 Å². The lowest BCUT2D eigenvalue weighted by Crippen LogP contribution is -2.52. The summed E-state index contributed by atoms with van der Waals surface area (Å²) in [4.78, 5) is 47.3. The van der Waals surface area contributed by atoms with Crippen molar-refractivity contribution >= 4 is 45.5 Å². The summed E-state index contributed by atoms with van der Waals surface area (Å²) in [5.74, 6) is -2.40. The van der Waals surface area contributed by atoms with Gasteiger partial charge in [0.1, 0.15) is 5.57 Å². The highest BCUT2D eigenvalue weighted by molar-refractivity contribution is 9.10. The molecule has 1 aliphatic rings. The monoisotopic (exact) mass is 382 g/mol. The molecule has 0 saturated carbocycles. The molecule has 0 radical (unpaired) electrons. The fourth-order valence-electron chi connectivity index (χ4n) is 1.94. The number of barbiturate groups is 1. The van der Waals surface area contributed by atoms with Crippen LogP contribution in [0, 0.1) is 10.1 Å². The molecule has 9 nitrogen and oxygen atoms in total. The highest BCUT2D eigenvalue weighted by Gasteiger charge is 2.37. The molecule has 0 atom stereocenters. The Morgan fingerprint density at radius 3 is 2.13 bits per heavy atom. The Labute approximate surface area is 138 Å². The molecule has 1 saturated heterocycles. The van der Waals surface area contributed by atoms with Gasteiger partial charge in [-0.3, -0.25) is 29.5 Å². The van der Waals surface area contributed by atoms with Gasteiger partial charge in [-0.05, 0) is 11.6 Å². The second kappa shape index (κ2) is 5.80. The minimum atomic E-state index is -0.889. The van der Waals surface area contributed by atoms with Crippen molar-refractivity contribution in [1.82, 2.24) is 9.80 Å². The lowest BCUT2D eigenvalue weighted by atomic mass is 10.1. The van der Waals surface area contributed by atoms with Gasteiger partial charge >= 0.3 is 6.03 Å². The molecular formula is C13H9BrN3O6-. The summed E-state index contributed by atoms with van der Waals surface area (Å²) in [6, 6.07) is 1.17. The van der Waals surface area contributed by atoms with Crippen molar-refractivity contribution in [3.8, 4) is 5.75 Å². The van der Waals surface area contributed by atoms with E-state index in [9.17, 15) is 29.6 Å². The van der Waals surface area contributed by atoms with Crippen molar-refractivity contribution in [1.29, 1.82) is 0 Å². The largest absolute Gasteiger partial charge is 0.871 e. The number of rotatable bonds is 2. The normalized spacial score (nSPS) is 15.3. The summed E-state index contributed by atoms with van der Waals surface area (Å²) in [6.45, 7) is 0. The van der Waals surface area contributed by atoms with Crippen LogP contribution in [-0.2, 0) is 9.59 Å². The zero-order valence-electron chi connectivity index (χ0n) is 11.9. The van der Waals surface area contributed by atoms with E-state index in [4.69, 9.17) is 0 Å². The molecule has 0 aliphatic carbocycles. The predicted molar refractivity (Wildman–Crippen MR) is 79.2 cm³/mol. The molecule has 0 N–H and O–H groups in total. The van der Waals surface area contributed by atoms with E-state index in [0.717, 1.165) is 18.2 Å². The first-order valence-corrected chi connectivity index (χ1v) is 6.91. The number of hydrogen-bond acceptors (Lipinski definition) is 6. The Hall–Kier alpha value is -2.75. The number of carbonyl (C=O) groups excluding carboxylic acids is 3. The fraction of sp³-hybridized carbons (Fsp3) is 0.154. The number of imide groups is 2. The van der Waals surface area contributed by atoms with Crippen LogP contribution in [0.1, 0.15) is 5.56 Å². The number of likely N-dealkylation sites (N-methyl/N-ethyl adjacent to an activating group) is 2. The Balaban J connectivity index is 2.61. The lowest BCUT2D eigenvalue weighted by Gasteiger charge is -2.29. The van der Waals surface area contributed by atoms with Gasteiger partial charge in [0.15, 0.2) is 0 Å². The zero-order chi connectivity index (χ0) is 17.5. The molecule has 1 fully saturated rings. The van der Waals surface area contributed by atoms with Crippen LogP contribution in [-0.4, -0.2) is 46.7 Å². The van der Waals surface area contributed by atoms with E-state index in [1.165, 1.54) is 14.1 Å². The molecule has 0 aromatic heterocycles. The molecule has 4 amide bonds. The third kappa shape index (κ3) is 2.80. The number of urea groups is 1.